The first-order valence-electron chi connectivity index (χ1n) is 10.7. The average Bonchev–Trinajstić information content (AvgIpc) is 2.99. The van der Waals surface area contributed by atoms with E-state index in [-0.39, 0.29) is 28.5 Å². The van der Waals surface area contributed by atoms with Gasteiger partial charge in [0.2, 0.25) is 0 Å². The Morgan fingerprint density at radius 1 is 0.970 bits per heavy atom. The highest BCUT2D eigenvalue weighted by Gasteiger charge is 2.59. The summed E-state index contributed by atoms with van der Waals surface area (Å²) in [6.45, 7) is 1.87. The fourth-order valence-corrected chi connectivity index (χ4v) is 5.22. The van der Waals surface area contributed by atoms with Crippen molar-refractivity contribution in [1.29, 1.82) is 0 Å². The molecule has 2 aromatic carbocycles. The fourth-order valence-electron chi connectivity index (χ4n) is 5.22. The lowest BCUT2D eigenvalue weighted by Crippen LogP contribution is -2.41. The van der Waals surface area contributed by atoms with Gasteiger partial charge in [0.25, 0.3) is 5.56 Å². The van der Waals surface area contributed by atoms with Gasteiger partial charge in [0, 0.05) is 11.3 Å². The SMILES string of the molecule is C/C=C/C=C/c1cc2cc3c(c(O)c2c(=O)[nH]1)C1(CCC3)C(=O)c2c(O)ccc(O)c2C1=O. The van der Waals surface area contributed by atoms with E-state index < -0.39 is 39.8 Å². The predicted octanol–water partition coefficient (Wildman–Crippen LogP) is 3.89. The molecule has 0 bridgehead atoms. The van der Waals surface area contributed by atoms with Crippen LogP contribution in [-0.4, -0.2) is 31.9 Å². The molecule has 3 aromatic rings. The lowest BCUT2D eigenvalue weighted by atomic mass is 9.66. The Kier molecular flexibility index (Phi) is 4.53. The van der Waals surface area contributed by atoms with Crippen LogP contribution in [0.3, 0.4) is 0 Å². The molecule has 166 valence electrons. The van der Waals surface area contributed by atoms with E-state index in [1.54, 1.807) is 24.3 Å². The molecule has 1 spiro atoms. The number of allylic oxidation sites excluding steroid dienone is 3. The van der Waals surface area contributed by atoms with Crippen molar-refractivity contribution in [2.24, 2.45) is 0 Å². The molecule has 0 amide bonds. The summed E-state index contributed by atoms with van der Waals surface area (Å²) in [7, 11) is 0. The maximum Gasteiger partial charge on any atom is 0.260 e. The lowest BCUT2D eigenvalue weighted by Gasteiger charge is -2.33. The highest BCUT2D eigenvalue weighted by Crippen LogP contribution is 2.54. The smallest absolute Gasteiger partial charge is 0.260 e. The molecule has 0 unspecified atom stereocenters. The Balaban J connectivity index is 1.79. The summed E-state index contributed by atoms with van der Waals surface area (Å²) in [5, 5.41) is 32.4. The Morgan fingerprint density at radius 3 is 2.27 bits per heavy atom. The third-order valence-electron chi connectivity index (χ3n) is 6.60. The van der Waals surface area contributed by atoms with Gasteiger partial charge in [-0.25, -0.2) is 0 Å². The van der Waals surface area contributed by atoms with E-state index in [2.05, 4.69) is 4.98 Å². The van der Waals surface area contributed by atoms with Crippen LogP contribution in [0.25, 0.3) is 16.8 Å². The summed E-state index contributed by atoms with van der Waals surface area (Å²) in [6, 6.07) is 5.78. The minimum Gasteiger partial charge on any atom is -0.507 e. The number of nitrogens with one attached hydrogen (secondary N) is 1. The van der Waals surface area contributed by atoms with E-state index >= 15 is 0 Å². The number of aromatic nitrogens is 1. The Labute approximate surface area is 188 Å². The molecule has 2 aliphatic rings. The number of carbonyl (C=O) groups is 2. The van der Waals surface area contributed by atoms with Gasteiger partial charge < -0.3 is 20.3 Å². The topological polar surface area (TPSA) is 128 Å². The molecule has 7 nitrogen and oxygen atoms in total. The fraction of sp³-hybridized carbons (Fsp3) is 0.192. The van der Waals surface area contributed by atoms with Crippen LogP contribution < -0.4 is 5.56 Å². The highest BCUT2D eigenvalue weighted by atomic mass is 16.3. The monoisotopic (exact) mass is 443 g/mol. The van der Waals surface area contributed by atoms with Crippen LogP contribution in [0.5, 0.6) is 17.2 Å². The van der Waals surface area contributed by atoms with Crippen molar-refractivity contribution in [2.45, 2.75) is 31.6 Å². The number of aromatic amines is 1. The summed E-state index contributed by atoms with van der Waals surface area (Å²) < 4.78 is 0. The summed E-state index contributed by atoms with van der Waals surface area (Å²) in [4.78, 5) is 42.8. The van der Waals surface area contributed by atoms with Crippen LogP contribution in [0, 0.1) is 0 Å². The van der Waals surface area contributed by atoms with Gasteiger partial charge in [-0.3, -0.25) is 14.4 Å². The van der Waals surface area contributed by atoms with E-state index in [1.165, 1.54) is 0 Å². The zero-order chi connectivity index (χ0) is 23.5. The molecule has 2 aliphatic carbocycles. The number of Topliss-reactive ketones (excluding diaryl/α,β-unsaturated/α-hetero) is 2. The van der Waals surface area contributed by atoms with Crippen LogP contribution in [0.15, 0.2) is 47.3 Å². The third-order valence-corrected chi connectivity index (χ3v) is 6.60. The normalized spacial score (nSPS) is 16.9. The van der Waals surface area contributed by atoms with Crippen molar-refractivity contribution in [2.75, 3.05) is 0 Å². The Morgan fingerprint density at radius 2 is 1.64 bits per heavy atom. The summed E-state index contributed by atoms with van der Waals surface area (Å²) >= 11 is 0. The van der Waals surface area contributed by atoms with E-state index in [1.807, 2.05) is 19.1 Å². The van der Waals surface area contributed by atoms with Crippen LogP contribution in [-0.2, 0) is 11.8 Å². The largest absolute Gasteiger partial charge is 0.507 e. The second-order valence-electron chi connectivity index (χ2n) is 8.43. The van der Waals surface area contributed by atoms with Gasteiger partial charge in [-0.15, -0.1) is 0 Å². The molecule has 1 heterocycles. The molecule has 33 heavy (non-hydrogen) atoms. The van der Waals surface area contributed by atoms with Crippen molar-refractivity contribution in [3.8, 4) is 17.2 Å². The Bertz CT molecular complexity index is 1450. The molecule has 4 N–H and O–H groups in total. The second-order valence-corrected chi connectivity index (χ2v) is 8.43. The molecule has 0 atom stereocenters. The predicted molar refractivity (Wildman–Crippen MR) is 123 cm³/mol. The van der Waals surface area contributed by atoms with Gasteiger partial charge in [-0.2, -0.15) is 0 Å². The number of pyridine rings is 1. The van der Waals surface area contributed by atoms with Crippen LogP contribution in [0.4, 0.5) is 0 Å². The second kappa shape index (κ2) is 7.20. The third kappa shape index (κ3) is 2.72. The van der Waals surface area contributed by atoms with Gasteiger partial charge in [-0.1, -0.05) is 24.3 Å². The number of benzene rings is 2. The van der Waals surface area contributed by atoms with Gasteiger partial charge in [0.15, 0.2) is 11.6 Å². The molecular formula is C26H21NO6. The minimum atomic E-state index is -1.79. The van der Waals surface area contributed by atoms with E-state index in [0.717, 1.165) is 12.1 Å². The summed E-state index contributed by atoms with van der Waals surface area (Å²) in [6.07, 6.45) is 8.26. The Hall–Kier alpha value is -4.13. The number of H-pyrrole nitrogens is 1. The molecule has 7 heteroatoms. The van der Waals surface area contributed by atoms with E-state index in [0.29, 0.717) is 29.5 Å². The lowest BCUT2D eigenvalue weighted by molar-refractivity contribution is 0.0769. The van der Waals surface area contributed by atoms with E-state index in [4.69, 9.17) is 0 Å². The van der Waals surface area contributed by atoms with Crippen molar-refractivity contribution in [3.05, 3.63) is 80.8 Å². The number of rotatable bonds is 2. The molecule has 0 fully saturated rings. The van der Waals surface area contributed by atoms with Crippen LogP contribution in [0.1, 0.15) is 57.3 Å². The standard InChI is InChI=1S/C26H21NO6/c1-2-3-4-7-15-12-14-11-13-6-5-10-26(21(13)22(30)18(14)25(33)27-15)23(31)19-16(28)8-9-17(29)20(19)24(26)32/h2-4,7-9,11-12,28-30H,5-6,10H2,1H3,(H,27,33)/b3-2+,7-4+. The molecule has 0 aliphatic heterocycles. The molecule has 1 aromatic heterocycles. The van der Waals surface area contributed by atoms with Gasteiger partial charge in [0.1, 0.15) is 22.7 Å². The summed E-state index contributed by atoms with van der Waals surface area (Å²) in [5.74, 6) is -2.56. The highest BCUT2D eigenvalue weighted by molar-refractivity contribution is 6.35. The first-order valence-corrected chi connectivity index (χ1v) is 10.7. The van der Waals surface area contributed by atoms with Crippen molar-refractivity contribution >= 4 is 28.4 Å². The van der Waals surface area contributed by atoms with Gasteiger partial charge in [0.05, 0.1) is 16.5 Å². The molecular weight excluding hydrogens is 422 g/mol. The van der Waals surface area contributed by atoms with Gasteiger partial charge in [-0.05, 0) is 61.4 Å². The zero-order valence-electron chi connectivity index (χ0n) is 17.8. The first kappa shape index (κ1) is 20.8. The number of hydrogen-bond acceptors (Lipinski definition) is 6. The summed E-state index contributed by atoms with van der Waals surface area (Å²) in [5.41, 5.74) is -1.60. The number of phenolic OH excluding ortho intramolecular Hbond substituents is 3. The van der Waals surface area contributed by atoms with Gasteiger partial charge >= 0.3 is 0 Å². The molecule has 0 radical (unpaired) electrons. The van der Waals surface area contributed by atoms with Crippen LogP contribution >= 0.6 is 0 Å². The van der Waals surface area contributed by atoms with Crippen molar-refractivity contribution in [3.63, 3.8) is 0 Å². The average molecular weight is 443 g/mol. The molecule has 5 rings (SSSR count). The quantitative estimate of drug-likeness (QED) is 0.270. The van der Waals surface area contributed by atoms with Crippen molar-refractivity contribution in [1.82, 2.24) is 4.98 Å². The van der Waals surface area contributed by atoms with E-state index in [9.17, 15) is 29.7 Å². The number of fused-ring (bicyclic) bond motifs is 4. The first-order chi connectivity index (χ1) is 15.8. The zero-order valence-corrected chi connectivity index (χ0v) is 17.8. The van der Waals surface area contributed by atoms with Crippen molar-refractivity contribution < 1.29 is 24.9 Å². The number of aromatic hydroxyl groups is 3. The number of hydrogen-bond donors (Lipinski definition) is 4. The molecule has 0 saturated heterocycles. The number of phenols is 3. The van der Waals surface area contributed by atoms with Crippen LogP contribution in [0.2, 0.25) is 0 Å². The molecule has 0 saturated carbocycles. The minimum absolute atomic E-state index is 0.0109. The number of carbonyl (C=O) groups excluding carboxylic acids is 2. The maximum atomic E-state index is 13.6. The number of aryl methyl sites for hydroxylation is 1. The maximum absolute atomic E-state index is 13.6. The number of ketones is 2.